The van der Waals surface area contributed by atoms with Gasteiger partial charge in [0.2, 0.25) is 0 Å². The maximum atomic E-state index is 14.2. The van der Waals surface area contributed by atoms with Gasteiger partial charge in [-0.1, -0.05) is 0 Å². The van der Waals surface area contributed by atoms with Crippen LogP contribution in [0.3, 0.4) is 0 Å². The van der Waals surface area contributed by atoms with Crippen molar-refractivity contribution in [2.24, 2.45) is 11.7 Å². The average Bonchev–Trinajstić information content (AvgIpc) is 3.19. The number of halogens is 4. The monoisotopic (exact) mass is 525 g/mol. The Kier molecular flexibility index (Phi) is 6.71. The normalized spacial score (nSPS) is 21.1. The molecule has 198 valence electrons. The molecule has 2 fully saturated rings. The van der Waals surface area contributed by atoms with Crippen molar-refractivity contribution in [3.63, 3.8) is 0 Å². The molecule has 1 saturated heterocycles. The minimum absolute atomic E-state index is 0.0455. The van der Waals surface area contributed by atoms with E-state index < -0.39 is 23.7 Å². The molecule has 3 heterocycles. The predicted octanol–water partition coefficient (Wildman–Crippen LogP) is 3.05. The topological polar surface area (TPSA) is 143 Å². The summed E-state index contributed by atoms with van der Waals surface area (Å²) in [5, 5.41) is 20.6. The molecule has 0 radical (unpaired) electrons. The number of piperidine rings is 1. The first kappa shape index (κ1) is 26.1. The second kappa shape index (κ2) is 9.50. The highest BCUT2D eigenvalue weighted by Crippen LogP contribution is 2.64. The number of benzene rings is 1. The summed E-state index contributed by atoms with van der Waals surface area (Å²) in [6.45, 7) is 2.93. The number of aromatic carboxylic acids is 1. The van der Waals surface area contributed by atoms with Crippen LogP contribution >= 0.6 is 0 Å². The van der Waals surface area contributed by atoms with Crippen LogP contribution in [-0.2, 0) is 10.3 Å². The lowest BCUT2D eigenvalue weighted by Gasteiger charge is -2.31. The Labute approximate surface area is 207 Å². The highest BCUT2D eigenvalue weighted by atomic mass is 19.4. The molecule has 5 rings (SSSR count). The molecule has 2 aliphatic rings. The first-order valence-corrected chi connectivity index (χ1v) is 11.2. The Morgan fingerprint density at radius 2 is 2.00 bits per heavy atom. The molecule has 3 aromatic rings. The number of anilines is 1. The van der Waals surface area contributed by atoms with Gasteiger partial charge in [0.25, 0.3) is 0 Å². The Balaban J connectivity index is 0.000000405. The number of rotatable bonds is 6. The highest BCUT2D eigenvalue weighted by molar-refractivity contribution is 5.94. The van der Waals surface area contributed by atoms with E-state index in [4.69, 9.17) is 20.4 Å². The smallest absolute Gasteiger partial charge is 0.490 e. The van der Waals surface area contributed by atoms with Crippen molar-refractivity contribution >= 4 is 23.4 Å². The van der Waals surface area contributed by atoms with Crippen LogP contribution in [0.1, 0.15) is 35.7 Å². The molecule has 0 bridgehead atoms. The van der Waals surface area contributed by atoms with Gasteiger partial charge in [0.15, 0.2) is 5.65 Å². The fourth-order valence-electron chi connectivity index (χ4n) is 4.61. The molecule has 1 saturated carbocycles. The van der Waals surface area contributed by atoms with Crippen LogP contribution in [0, 0.1) is 11.7 Å². The lowest BCUT2D eigenvalue weighted by molar-refractivity contribution is -0.192. The van der Waals surface area contributed by atoms with Crippen molar-refractivity contribution in [2.75, 3.05) is 18.1 Å². The highest BCUT2D eigenvalue weighted by Gasteiger charge is 2.64. The molecular formula is C23H23F4N5O5. The number of fused-ring (bicyclic) bond motifs is 2. The van der Waals surface area contributed by atoms with Crippen LogP contribution in [0.15, 0.2) is 36.7 Å². The number of hydrogen-bond acceptors (Lipinski definition) is 7. The van der Waals surface area contributed by atoms with Crippen molar-refractivity contribution in [3.8, 4) is 5.75 Å². The van der Waals surface area contributed by atoms with Crippen LogP contribution < -0.4 is 15.4 Å². The molecule has 1 aliphatic heterocycles. The molecule has 1 aliphatic carbocycles. The van der Waals surface area contributed by atoms with E-state index in [-0.39, 0.29) is 23.1 Å². The summed E-state index contributed by atoms with van der Waals surface area (Å²) in [5.74, 6) is -2.52. The van der Waals surface area contributed by atoms with Crippen molar-refractivity contribution < 1.29 is 42.1 Å². The van der Waals surface area contributed by atoms with Crippen LogP contribution in [-0.4, -0.2) is 62.1 Å². The number of alkyl halides is 3. The predicted molar refractivity (Wildman–Crippen MR) is 121 cm³/mol. The van der Waals surface area contributed by atoms with Gasteiger partial charge in [-0.3, -0.25) is 0 Å². The average molecular weight is 525 g/mol. The number of carboxylic acids is 2. The summed E-state index contributed by atoms with van der Waals surface area (Å²) >= 11 is 0. The molecule has 4 N–H and O–H groups in total. The van der Waals surface area contributed by atoms with Gasteiger partial charge in [0.1, 0.15) is 29.6 Å². The van der Waals surface area contributed by atoms with Crippen LogP contribution in [0.5, 0.6) is 5.75 Å². The van der Waals surface area contributed by atoms with E-state index in [0.717, 1.165) is 24.9 Å². The Morgan fingerprint density at radius 1 is 1.30 bits per heavy atom. The SMILES string of the molecule is C[C@@H](N)COc1ccc(F)cc1C12CC1CCN2c1ccn2ncc(C(=O)O)c2n1.O=C(O)C(F)(F)F. The summed E-state index contributed by atoms with van der Waals surface area (Å²) in [7, 11) is 0. The molecule has 37 heavy (non-hydrogen) atoms. The van der Waals surface area contributed by atoms with E-state index in [1.54, 1.807) is 12.3 Å². The maximum absolute atomic E-state index is 14.2. The van der Waals surface area contributed by atoms with Crippen LogP contribution in [0.25, 0.3) is 5.65 Å². The molecule has 2 unspecified atom stereocenters. The van der Waals surface area contributed by atoms with E-state index in [1.165, 1.54) is 22.8 Å². The van der Waals surface area contributed by atoms with E-state index >= 15 is 0 Å². The van der Waals surface area contributed by atoms with Crippen molar-refractivity contribution in [3.05, 3.63) is 53.6 Å². The molecule has 14 heteroatoms. The summed E-state index contributed by atoms with van der Waals surface area (Å²) in [6, 6.07) is 6.26. The van der Waals surface area contributed by atoms with Crippen LogP contribution in [0.4, 0.5) is 23.4 Å². The van der Waals surface area contributed by atoms with Crippen molar-refractivity contribution in [1.29, 1.82) is 0 Å². The number of ether oxygens (including phenoxy) is 1. The van der Waals surface area contributed by atoms with E-state index in [0.29, 0.717) is 24.1 Å². The zero-order valence-corrected chi connectivity index (χ0v) is 19.4. The number of aliphatic carboxylic acids is 1. The van der Waals surface area contributed by atoms with Gasteiger partial charge >= 0.3 is 18.1 Å². The van der Waals surface area contributed by atoms with Gasteiger partial charge < -0.3 is 25.6 Å². The third-order valence-corrected chi connectivity index (χ3v) is 6.27. The van der Waals surface area contributed by atoms with Crippen molar-refractivity contribution in [2.45, 2.75) is 37.5 Å². The number of aromatic nitrogens is 3. The first-order chi connectivity index (χ1) is 17.3. The molecule has 2 aromatic heterocycles. The minimum Gasteiger partial charge on any atom is -0.492 e. The molecule has 0 amide bonds. The second-order valence-corrected chi connectivity index (χ2v) is 8.91. The number of carbonyl (C=O) groups is 2. The second-order valence-electron chi connectivity index (χ2n) is 8.91. The molecule has 3 atom stereocenters. The number of hydrogen-bond donors (Lipinski definition) is 3. The van der Waals surface area contributed by atoms with Gasteiger partial charge in [-0.05, 0) is 49.9 Å². The van der Waals surface area contributed by atoms with Crippen molar-refractivity contribution in [1.82, 2.24) is 14.6 Å². The zero-order chi connectivity index (χ0) is 27.1. The first-order valence-electron chi connectivity index (χ1n) is 11.2. The van der Waals surface area contributed by atoms with Gasteiger partial charge in [-0.2, -0.15) is 18.3 Å². The van der Waals surface area contributed by atoms with Gasteiger partial charge in [-0.25, -0.2) is 23.5 Å². The Morgan fingerprint density at radius 3 is 2.59 bits per heavy atom. The fourth-order valence-corrected chi connectivity index (χ4v) is 4.61. The Hall–Kier alpha value is -3.94. The quantitative estimate of drug-likeness (QED) is 0.414. The lowest BCUT2D eigenvalue weighted by Crippen LogP contribution is -2.34. The lowest BCUT2D eigenvalue weighted by atomic mass is 10.0. The molecule has 1 aromatic carbocycles. The third kappa shape index (κ3) is 5.01. The largest absolute Gasteiger partial charge is 0.492 e. The minimum atomic E-state index is -5.08. The van der Waals surface area contributed by atoms with Gasteiger partial charge in [0, 0.05) is 24.3 Å². The number of carboxylic acid groups (broad SMARTS) is 2. The van der Waals surface area contributed by atoms with Crippen LogP contribution in [0.2, 0.25) is 0 Å². The number of nitrogens with two attached hydrogens (primary N) is 1. The van der Waals surface area contributed by atoms with E-state index in [2.05, 4.69) is 15.0 Å². The molecular weight excluding hydrogens is 502 g/mol. The summed E-state index contributed by atoms with van der Waals surface area (Å²) in [6.07, 6.45) is -0.280. The van der Waals surface area contributed by atoms with Gasteiger partial charge in [-0.15, -0.1) is 0 Å². The maximum Gasteiger partial charge on any atom is 0.490 e. The zero-order valence-electron chi connectivity index (χ0n) is 19.4. The third-order valence-electron chi connectivity index (χ3n) is 6.27. The Bertz CT molecular complexity index is 1340. The summed E-state index contributed by atoms with van der Waals surface area (Å²) < 4.78 is 53.3. The number of nitrogens with zero attached hydrogens (tertiary/aromatic N) is 4. The van der Waals surface area contributed by atoms with Gasteiger partial charge in [0.05, 0.1) is 11.7 Å². The fraction of sp³-hybridized carbons (Fsp3) is 0.391. The standard InChI is InChI=1S/C21H22FN5O3.C2HF3O2/c1-12(23)11-30-17-3-2-14(22)8-16(17)21-9-13(21)4-6-26(21)18-5-7-27-19(25-18)15(10-24-27)20(28)29;3-2(4,5)1(6)7/h2-3,5,7-8,10,12-13H,4,6,9,11,23H2,1H3,(H,28,29);(H,6,7)/t12-,13?,21?;/m1./s1. The molecule has 10 nitrogen and oxygen atoms in total. The van der Waals surface area contributed by atoms with E-state index in [9.17, 15) is 27.5 Å². The van der Waals surface area contributed by atoms with E-state index in [1.807, 2.05) is 13.0 Å². The summed E-state index contributed by atoms with van der Waals surface area (Å²) in [4.78, 5) is 27.1. The molecule has 0 spiro atoms. The summed E-state index contributed by atoms with van der Waals surface area (Å²) in [5.41, 5.74) is 6.55.